The van der Waals surface area contributed by atoms with E-state index in [0.717, 1.165) is 13.1 Å². The fourth-order valence-electron chi connectivity index (χ4n) is 10.3. The fourth-order valence-corrected chi connectivity index (χ4v) is 12.4. The number of hydrogen-bond acceptors (Lipinski definition) is 2. The van der Waals surface area contributed by atoms with Crippen LogP contribution in [0.25, 0.3) is 128 Å². The van der Waals surface area contributed by atoms with Crippen LogP contribution in [0.4, 0.5) is 0 Å². The third-order valence-corrected chi connectivity index (χ3v) is 15.6. The Bertz CT molecular complexity index is 3710. The minimum absolute atomic E-state index is 0.953. The Morgan fingerprint density at radius 1 is 0.274 bits per heavy atom. The number of para-hydroxylation sites is 2. The molecule has 0 N–H and O–H groups in total. The summed E-state index contributed by atoms with van der Waals surface area (Å²) < 4.78 is 10.1. The van der Waals surface area contributed by atoms with Crippen LogP contribution in [0.3, 0.4) is 0 Å². The Kier molecular flexibility index (Phi) is 7.94. The Labute approximate surface area is 367 Å². The van der Waals surface area contributed by atoms with Crippen molar-refractivity contribution >= 4 is 107 Å². The van der Waals surface area contributed by atoms with Gasteiger partial charge in [0, 0.05) is 97.0 Å². The molecule has 0 atom stereocenters. The third-order valence-electron chi connectivity index (χ3n) is 13.3. The average molecular weight is 829 g/mol. The molecular formula is C58H40N2S2. The molecule has 13 rings (SSSR count). The molecule has 62 heavy (non-hydrogen) atoms. The van der Waals surface area contributed by atoms with Gasteiger partial charge in [-0.15, -0.1) is 22.7 Å². The summed E-state index contributed by atoms with van der Waals surface area (Å²) in [7, 11) is 0. The lowest BCUT2D eigenvalue weighted by molar-refractivity contribution is 0.827. The fraction of sp³-hybridized carbons (Fsp3) is 0.0690. The van der Waals surface area contributed by atoms with Crippen molar-refractivity contribution in [3.8, 4) is 44.5 Å². The number of thiophene rings is 2. The van der Waals surface area contributed by atoms with E-state index in [2.05, 4.69) is 205 Å². The van der Waals surface area contributed by atoms with E-state index < -0.39 is 0 Å². The Morgan fingerprint density at radius 3 is 0.952 bits per heavy atom. The monoisotopic (exact) mass is 828 g/mol. The van der Waals surface area contributed by atoms with Crippen LogP contribution in [-0.4, -0.2) is 9.13 Å². The smallest absolute Gasteiger partial charge is 0.0491 e. The molecule has 9 aromatic carbocycles. The predicted octanol–water partition coefficient (Wildman–Crippen LogP) is 17.3. The molecule has 294 valence electrons. The SMILES string of the molecule is CCn1c2ccccc2c2cc(-c3ccc4sc5ccc(-c6cccc(-c7ccc8sc9ccc(-c%10ccc%11c(c%10)c%10ccccc%10n%11CC)cc9c8c7)c6)cc5c4c3)ccc21. The first-order valence-electron chi connectivity index (χ1n) is 21.7. The molecule has 0 amide bonds. The van der Waals surface area contributed by atoms with Crippen LogP contribution in [0.2, 0.25) is 0 Å². The zero-order valence-electron chi connectivity index (χ0n) is 34.4. The van der Waals surface area contributed by atoms with Crippen molar-refractivity contribution in [2.24, 2.45) is 0 Å². The minimum Gasteiger partial charge on any atom is -0.341 e. The molecule has 0 radical (unpaired) electrons. The van der Waals surface area contributed by atoms with Gasteiger partial charge in [-0.1, -0.05) is 91.0 Å². The van der Waals surface area contributed by atoms with Crippen LogP contribution in [-0.2, 0) is 13.1 Å². The number of aromatic nitrogens is 2. The molecule has 0 saturated carbocycles. The Morgan fingerprint density at radius 2 is 0.581 bits per heavy atom. The summed E-state index contributed by atoms with van der Waals surface area (Å²) in [6.07, 6.45) is 0. The van der Waals surface area contributed by atoms with E-state index in [4.69, 9.17) is 0 Å². The van der Waals surface area contributed by atoms with Gasteiger partial charge in [-0.05, 0) is 149 Å². The molecule has 4 aromatic heterocycles. The van der Waals surface area contributed by atoms with Crippen molar-refractivity contribution in [2.75, 3.05) is 0 Å². The summed E-state index contributed by atoms with van der Waals surface area (Å²) in [6, 6.07) is 68.7. The number of hydrogen-bond donors (Lipinski definition) is 0. The number of fused-ring (bicyclic) bond motifs is 12. The molecule has 0 fully saturated rings. The molecule has 0 bridgehead atoms. The van der Waals surface area contributed by atoms with Crippen LogP contribution in [0.1, 0.15) is 13.8 Å². The lowest BCUT2D eigenvalue weighted by Gasteiger charge is -2.08. The van der Waals surface area contributed by atoms with E-state index in [9.17, 15) is 0 Å². The first kappa shape index (κ1) is 35.7. The topological polar surface area (TPSA) is 9.86 Å². The highest BCUT2D eigenvalue weighted by atomic mass is 32.1. The van der Waals surface area contributed by atoms with E-state index in [1.807, 2.05) is 22.7 Å². The number of benzene rings is 9. The maximum Gasteiger partial charge on any atom is 0.0491 e. The van der Waals surface area contributed by atoms with Crippen molar-refractivity contribution in [3.05, 3.63) is 182 Å². The van der Waals surface area contributed by atoms with Crippen LogP contribution < -0.4 is 0 Å². The Hall–Kier alpha value is -6.98. The largest absolute Gasteiger partial charge is 0.341 e. The van der Waals surface area contributed by atoms with Crippen LogP contribution in [0.5, 0.6) is 0 Å². The van der Waals surface area contributed by atoms with Crippen LogP contribution >= 0.6 is 22.7 Å². The van der Waals surface area contributed by atoms with Gasteiger partial charge in [-0.3, -0.25) is 0 Å². The lowest BCUT2D eigenvalue weighted by Crippen LogP contribution is -1.92. The van der Waals surface area contributed by atoms with Crippen molar-refractivity contribution in [2.45, 2.75) is 26.9 Å². The van der Waals surface area contributed by atoms with E-state index in [1.165, 1.54) is 128 Å². The second-order valence-electron chi connectivity index (χ2n) is 16.6. The highest BCUT2D eigenvalue weighted by Gasteiger charge is 2.16. The summed E-state index contributed by atoms with van der Waals surface area (Å²) in [5, 5.41) is 10.5. The summed E-state index contributed by atoms with van der Waals surface area (Å²) in [5.74, 6) is 0. The Balaban J connectivity index is 0.862. The molecule has 0 aliphatic carbocycles. The van der Waals surface area contributed by atoms with E-state index in [-0.39, 0.29) is 0 Å². The zero-order valence-corrected chi connectivity index (χ0v) is 36.1. The van der Waals surface area contributed by atoms with Gasteiger partial charge in [0.25, 0.3) is 0 Å². The quantitative estimate of drug-likeness (QED) is 0.158. The van der Waals surface area contributed by atoms with Crippen molar-refractivity contribution in [1.29, 1.82) is 0 Å². The van der Waals surface area contributed by atoms with Gasteiger partial charge in [-0.2, -0.15) is 0 Å². The molecule has 0 saturated heterocycles. The molecule has 4 heterocycles. The summed E-state index contributed by atoms with van der Waals surface area (Å²) in [4.78, 5) is 0. The maximum atomic E-state index is 2.42. The second kappa shape index (κ2) is 13.8. The molecule has 0 spiro atoms. The summed E-state index contributed by atoms with van der Waals surface area (Å²) in [6.45, 7) is 6.37. The van der Waals surface area contributed by atoms with Crippen LogP contribution in [0.15, 0.2) is 182 Å². The van der Waals surface area contributed by atoms with E-state index >= 15 is 0 Å². The zero-order chi connectivity index (χ0) is 41.1. The van der Waals surface area contributed by atoms with E-state index in [1.54, 1.807) is 0 Å². The van der Waals surface area contributed by atoms with Gasteiger partial charge in [0.15, 0.2) is 0 Å². The molecule has 13 aromatic rings. The standard InChI is InChI=1S/C58H40N2S2/c1-3-59-51-14-7-5-12-43(51)45-29-37(16-22-53(45)59)41-20-26-57-49(33-41)47-31-39(18-24-55(47)61-57)35-10-9-11-36(28-35)40-19-25-56-48(32-40)50-34-42(21-27-58(50)62-56)38-17-23-54-46(30-38)44-13-6-8-15-52(44)60(54)4-2/h5-34H,3-4H2,1-2H3. The first-order chi connectivity index (χ1) is 30.6. The van der Waals surface area contributed by atoms with Crippen molar-refractivity contribution in [3.63, 3.8) is 0 Å². The molecule has 2 nitrogen and oxygen atoms in total. The highest BCUT2D eigenvalue weighted by Crippen LogP contribution is 2.43. The molecular weight excluding hydrogens is 789 g/mol. The third kappa shape index (κ3) is 5.40. The number of nitrogens with zero attached hydrogens (tertiary/aromatic N) is 2. The molecule has 0 unspecified atom stereocenters. The second-order valence-corrected chi connectivity index (χ2v) is 18.8. The molecule has 4 heteroatoms. The maximum absolute atomic E-state index is 2.42. The lowest BCUT2D eigenvalue weighted by atomic mass is 9.96. The van der Waals surface area contributed by atoms with Crippen molar-refractivity contribution in [1.82, 2.24) is 9.13 Å². The predicted molar refractivity (Wildman–Crippen MR) is 271 cm³/mol. The minimum atomic E-state index is 0.953. The van der Waals surface area contributed by atoms with Gasteiger partial charge >= 0.3 is 0 Å². The van der Waals surface area contributed by atoms with Gasteiger partial charge in [0.2, 0.25) is 0 Å². The summed E-state index contributed by atoms with van der Waals surface area (Å²) in [5.41, 5.74) is 15.2. The average Bonchev–Trinajstić information content (AvgIpc) is 4.07. The van der Waals surface area contributed by atoms with Crippen molar-refractivity contribution < 1.29 is 0 Å². The first-order valence-corrected chi connectivity index (χ1v) is 23.3. The normalized spacial score (nSPS) is 12.2. The molecule has 0 aliphatic heterocycles. The van der Waals surface area contributed by atoms with Gasteiger partial charge in [0.1, 0.15) is 0 Å². The summed E-state index contributed by atoms with van der Waals surface area (Å²) >= 11 is 3.76. The van der Waals surface area contributed by atoms with Gasteiger partial charge in [-0.25, -0.2) is 0 Å². The number of aryl methyl sites for hydroxylation is 2. The van der Waals surface area contributed by atoms with Gasteiger partial charge < -0.3 is 9.13 Å². The molecule has 0 aliphatic rings. The van der Waals surface area contributed by atoms with E-state index in [0.29, 0.717) is 0 Å². The highest BCUT2D eigenvalue weighted by molar-refractivity contribution is 7.26. The van der Waals surface area contributed by atoms with Gasteiger partial charge in [0.05, 0.1) is 0 Å². The number of rotatable bonds is 6. The van der Waals surface area contributed by atoms with Crippen LogP contribution in [0, 0.1) is 0 Å².